The number of benzene rings is 1. The first-order chi connectivity index (χ1) is 12.4. The van der Waals surface area contributed by atoms with Crippen molar-refractivity contribution in [1.29, 1.82) is 0 Å². The zero-order valence-electron chi connectivity index (χ0n) is 14.9. The molecular weight excluding hydrogens is 338 g/mol. The number of nitrogens with zero attached hydrogens (tertiary/aromatic N) is 1. The summed E-state index contributed by atoms with van der Waals surface area (Å²) in [5.41, 5.74) is 0.766. The summed E-state index contributed by atoms with van der Waals surface area (Å²) in [6.45, 7) is 1.63. The van der Waals surface area contributed by atoms with Gasteiger partial charge in [-0.25, -0.2) is 4.79 Å². The summed E-state index contributed by atoms with van der Waals surface area (Å²) in [6, 6.07) is 4.58. The number of carbonyl (C=O) groups is 2. The van der Waals surface area contributed by atoms with Gasteiger partial charge < -0.3 is 15.4 Å². The lowest BCUT2D eigenvalue weighted by molar-refractivity contribution is -0.385. The second-order valence-corrected chi connectivity index (χ2v) is 6.27. The monoisotopic (exact) mass is 361 g/mol. The third kappa shape index (κ3) is 5.30. The molecule has 0 atom stereocenters. The quantitative estimate of drug-likeness (QED) is 0.349. The lowest BCUT2D eigenvalue weighted by Crippen LogP contribution is -2.38. The number of amides is 1. The van der Waals surface area contributed by atoms with E-state index in [4.69, 9.17) is 0 Å². The highest BCUT2D eigenvalue weighted by molar-refractivity contribution is 6.01. The zero-order chi connectivity index (χ0) is 19.1. The number of hydrogen-bond donors (Lipinski definition) is 2. The summed E-state index contributed by atoms with van der Waals surface area (Å²) < 4.78 is 4.60. The van der Waals surface area contributed by atoms with Crippen LogP contribution in [0.1, 0.15) is 37.7 Å². The average molecular weight is 361 g/mol. The number of hydrogen-bond acceptors (Lipinski definition) is 6. The van der Waals surface area contributed by atoms with Crippen molar-refractivity contribution in [1.82, 2.24) is 5.32 Å². The maximum absolute atomic E-state index is 12.6. The van der Waals surface area contributed by atoms with E-state index in [1.54, 1.807) is 19.1 Å². The Hall–Kier alpha value is -2.90. The molecule has 8 nitrogen and oxygen atoms in total. The molecule has 2 rings (SSSR count). The number of nitro groups is 1. The number of rotatable bonds is 6. The maximum Gasteiger partial charge on any atom is 0.332 e. The molecule has 1 fully saturated rings. The lowest BCUT2D eigenvalue weighted by atomic mass is 9.95. The molecule has 140 valence electrons. The van der Waals surface area contributed by atoms with E-state index in [-0.39, 0.29) is 17.4 Å². The summed E-state index contributed by atoms with van der Waals surface area (Å²) in [7, 11) is 1.21. The number of nitro benzene ring substituents is 1. The predicted octanol–water partition coefficient (Wildman–Crippen LogP) is 2.82. The average Bonchev–Trinajstić information content (AvgIpc) is 2.63. The molecule has 1 aliphatic rings. The van der Waals surface area contributed by atoms with Crippen molar-refractivity contribution >= 4 is 23.3 Å². The Balaban J connectivity index is 2.20. The normalized spacial score (nSPS) is 15.2. The lowest BCUT2D eigenvalue weighted by Gasteiger charge is -2.23. The van der Waals surface area contributed by atoms with Gasteiger partial charge in [0, 0.05) is 23.4 Å². The second-order valence-electron chi connectivity index (χ2n) is 6.27. The summed E-state index contributed by atoms with van der Waals surface area (Å²) in [5, 5.41) is 16.8. The Morgan fingerprint density at radius 1 is 1.27 bits per heavy atom. The van der Waals surface area contributed by atoms with E-state index < -0.39 is 16.8 Å². The van der Waals surface area contributed by atoms with Gasteiger partial charge in [0.25, 0.3) is 11.6 Å². The van der Waals surface area contributed by atoms with E-state index in [1.807, 2.05) is 0 Å². The van der Waals surface area contributed by atoms with Gasteiger partial charge in [0.2, 0.25) is 0 Å². The first kappa shape index (κ1) is 19.4. The predicted molar refractivity (Wildman–Crippen MR) is 96.6 cm³/mol. The van der Waals surface area contributed by atoms with E-state index in [0.717, 1.165) is 38.2 Å². The fourth-order valence-electron chi connectivity index (χ4n) is 2.88. The molecule has 0 saturated heterocycles. The Morgan fingerprint density at radius 3 is 2.58 bits per heavy atom. The minimum atomic E-state index is -0.687. The third-order valence-corrected chi connectivity index (χ3v) is 4.33. The minimum Gasteiger partial charge on any atom is -0.466 e. The number of carbonyl (C=O) groups excluding carboxylic acids is 2. The van der Waals surface area contributed by atoms with Crippen LogP contribution in [0.3, 0.4) is 0 Å². The molecule has 0 heterocycles. The first-order valence-electron chi connectivity index (χ1n) is 8.53. The van der Waals surface area contributed by atoms with Gasteiger partial charge in [0.1, 0.15) is 5.70 Å². The summed E-state index contributed by atoms with van der Waals surface area (Å²) in [5.74, 6) is -1.13. The first-order valence-corrected chi connectivity index (χ1v) is 8.53. The summed E-state index contributed by atoms with van der Waals surface area (Å²) in [6.07, 6.45) is 6.10. The van der Waals surface area contributed by atoms with Crippen LogP contribution in [-0.4, -0.2) is 30.0 Å². The molecule has 0 bridgehead atoms. The fourth-order valence-corrected chi connectivity index (χ4v) is 2.88. The van der Waals surface area contributed by atoms with Crippen LogP contribution in [0.2, 0.25) is 0 Å². The topological polar surface area (TPSA) is 111 Å². The van der Waals surface area contributed by atoms with Gasteiger partial charge in [-0.1, -0.05) is 25.3 Å². The van der Waals surface area contributed by atoms with Crippen LogP contribution in [-0.2, 0) is 14.3 Å². The number of anilines is 1. The number of nitrogens with one attached hydrogen (secondary N) is 2. The van der Waals surface area contributed by atoms with Gasteiger partial charge in [-0.3, -0.25) is 14.9 Å². The van der Waals surface area contributed by atoms with Gasteiger partial charge in [-0.2, -0.15) is 0 Å². The Labute approximate surface area is 151 Å². The molecule has 1 aliphatic carbocycles. The molecule has 1 amide bonds. The van der Waals surface area contributed by atoms with Crippen molar-refractivity contribution < 1.29 is 19.2 Å². The van der Waals surface area contributed by atoms with Crippen LogP contribution in [0.25, 0.3) is 0 Å². The molecule has 1 saturated carbocycles. The van der Waals surface area contributed by atoms with E-state index in [0.29, 0.717) is 11.3 Å². The van der Waals surface area contributed by atoms with Gasteiger partial charge in [-0.05, 0) is 25.8 Å². The van der Waals surface area contributed by atoms with Gasteiger partial charge >= 0.3 is 5.97 Å². The van der Waals surface area contributed by atoms with E-state index in [9.17, 15) is 19.7 Å². The van der Waals surface area contributed by atoms with E-state index >= 15 is 0 Å². The molecule has 0 aromatic heterocycles. The molecule has 2 N–H and O–H groups in total. The van der Waals surface area contributed by atoms with Gasteiger partial charge in [-0.15, -0.1) is 0 Å². The van der Waals surface area contributed by atoms with E-state index in [1.165, 1.54) is 13.2 Å². The standard InChI is InChI=1S/C18H23N3O5/c1-12-8-9-14(10-16(12)21(24)25)19-15(11-17(22)26-2)18(23)20-13-6-4-3-5-7-13/h8-11,13,19H,3-7H2,1-2H3,(H,20,23)/b15-11-. The highest BCUT2D eigenvalue weighted by atomic mass is 16.6. The maximum atomic E-state index is 12.6. The number of esters is 1. The molecule has 8 heteroatoms. The number of ether oxygens (including phenoxy) is 1. The molecule has 26 heavy (non-hydrogen) atoms. The van der Waals surface area contributed by atoms with Gasteiger partial charge in [0.05, 0.1) is 18.1 Å². The van der Waals surface area contributed by atoms with Crippen molar-refractivity contribution in [2.24, 2.45) is 0 Å². The molecule has 1 aromatic rings. The summed E-state index contributed by atoms with van der Waals surface area (Å²) in [4.78, 5) is 34.8. The van der Waals surface area contributed by atoms with Crippen molar-refractivity contribution in [3.63, 3.8) is 0 Å². The van der Waals surface area contributed by atoms with Gasteiger partial charge in [0.15, 0.2) is 0 Å². The molecule has 0 aliphatic heterocycles. The van der Waals surface area contributed by atoms with Crippen molar-refractivity contribution in [3.05, 3.63) is 45.6 Å². The molecular formula is C18H23N3O5. The van der Waals surface area contributed by atoms with Crippen LogP contribution in [0.15, 0.2) is 30.0 Å². The minimum absolute atomic E-state index is 0.0134. The Kier molecular flexibility index (Phi) is 6.71. The van der Waals surface area contributed by atoms with Crippen LogP contribution in [0.5, 0.6) is 0 Å². The van der Waals surface area contributed by atoms with Crippen LogP contribution >= 0.6 is 0 Å². The molecule has 0 unspecified atom stereocenters. The van der Waals surface area contributed by atoms with Crippen molar-refractivity contribution in [3.8, 4) is 0 Å². The number of aryl methyl sites for hydroxylation is 1. The SMILES string of the molecule is COC(=O)/C=C(\Nc1ccc(C)c([N+](=O)[O-])c1)C(=O)NC1CCCCC1. The van der Waals surface area contributed by atoms with Crippen LogP contribution in [0, 0.1) is 17.0 Å². The fraction of sp³-hybridized carbons (Fsp3) is 0.444. The smallest absolute Gasteiger partial charge is 0.332 e. The molecule has 0 spiro atoms. The summed E-state index contributed by atoms with van der Waals surface area (Å²) >= 11 is 0. The molecule has 0 radical (unpaired) electrons. The molecule has 1 aromatic carbocycles. The second kappa shape index (κ2) is 8.98. The van der Waals surface area contributed by atoms with Crippen LogP contribution in [0.4, 0.5) is 11.4 Å². The van der Waals surface area contributed by atoms with Crippen molar-refractivity contribution in [2.75, 3.05) is 12.4 Å². The Morgan fingerprint density at radius 2 is 1.96 bits per heavy atom. The Bertz CT molecular complexity index is 724. The highest BCUT2D eigenvalue weighted by Crippen LogP contribution is 2.23. The van der Waals surface area contributed by atoms with E-state index in [2.05, 4.69) is 15.4 Å². The zero-order valence-corrected chi connectivity index (χ0v) is 14.9. The van der Waals surface area contributed by atoms with Crippen molar-refractivity contribution in [2.45, 2.75) is 45.1 Å². The van der Waals surface area contributed by atoms with Crippen LogP contribution < -0.4 is 10.6 Å². The highest BCUT2D eigenvalue weighted by Gasteiger charge is 2.20. The number of methoxy groups -OCH3 is 1. The third-order valence-electron chi connectivity index (χ3n) is 4.33. The largest absolute Gasteiger partial charge is 0.466 e.